The third kappa shape index (κ3) is 3.69. The molecule has 0 N–H and O–H groups in total. The van der Waals surface area contributed by atoms with Crippen molar-refractivity contribution in [3.05, 3.63) is 24.3 Å². The lowest BCUT2D eigenvalue weighted by Gasteiger charge is -2.03. The van der Waals surface area contributed by atoms with Crippen LogP contribution in [0.3, 0.4) is 0 Å². The van der Waals surface area contributed by atoms with Crippen LogP contribution in [0, 0.1) is 5.92 Å². The van der Waals surface area contributed by atoms with Gasteiger partial charge in [0, 0.05) is 0 Å². The summed E-state index contributed by atoms with van der Waals surface area (Å²) in [4.78, 5) is 0. The molecule has 0 saturated heterocycles. The molecule has 68 valence electrons. The van der Waals surface area contributed by atoms with Crippen molar-refractivity contribution in [1.29, 1.82) is 0 Å². The van der Waals surface area contributed by atoms with Gasteiger partial charge in [0.15, 0.2) is 0 Å². The lowest BCUT2D eigenvalue weighted by Crippen LogP contribution is -2.06. The van der Waals surface area contributed by atoms with E-state index in [1.807, 2.05) is 24.3 Å². The van der Waals surface area contributed by atoms with Gasteiger partial charge in [0.2, 0.25) is 0 Å². The second-order valence-electron chi connectivity index (χ2n) is 2.75. The Hall–Kier alpha value is -0.610. The van der Waals surface area contributed by atoms with Gasteiger partial charge in [-0.15, -0.1) is 0 Å². The minimum absolute atomic E-state index is 0.262. The van der Waals surface area contributed by atoms with Gasteiger partial charge in [-0.25, -0.2) is 0 Å². The van der Waals surface area contributed by atoms with E-state index in [0.29, 0.717) is 5.92 Å². The summed E-state index contributed by atoms with van der Waals surface area (Å²) in [6.45, 7) is 0.262. The highest BCUT2D eigenvalue weighted by molar-refractivity contribution is 7.85. The molecule has 0 atom stereocenters. The SMILES string of the molecule is CS(=O)(=O)OCCC1C=CC=C1. The molecule has 0 bridgehead atoms. The molecular weight excluding hydrogens is 176 g/mol. The Balaban J connectivity index is 2.19. The Labute approximate surface area is 72.9 Å². The molecule has 0 aromatic rings. The zero-order chi connectivity index (χ0) is 9.03. The van der Waals surface area contributed by atoms with Gasteiger partial charge in [-0.2, -0.15) is 8.42 Å². The molecule has 0 aromatic carbocycles. The number of hydrogen-bond donors (Lipinski definition) is 0. The van der Waals surface area contributed by atoms with Crippen molar-refractivity contribution in [2.45, 2.75) is 6.42 Å². The first-order chi connectivity index (χ1) is 5.58. The molecule has 1 aliphatic rings. The maximum Gasteiger partial charge on any atom is 0.264 e. The fraction of sp³-hybridized carbons (Fsp3) is 0.500. The molecule has 12 heavy (non-hydrogen) atoms. The quantitative estimate of drug-likeness (QED) is 0.620. The van der Waals surface area contributed by atoms with Crippen molar-refractivity contribution in [3.8, 4) is 0 Å². The largest absolute Gasteiger partial charge is 0.270 e. The van der Waals surface area contributed by atoms with E-state index < -0.39 is 10.1 Å². The summed E-state index contributed by atoms with van der Waals surface area (Å²) in [7, 11) is -3.26. The van der Waals surface area contributed by atoms with Gasteiger partial charge in [-0.1, -0.05) is 24.3 Å². The Morgan fingerprint density at radius 1 is 1.33 bits per heavy atom. The summed E-state index contributed by atoms with van der Waals surface area (Å²) in [6, 6.07) is 0. The molecule has 0 spiro atoms. The summed E-state index contributed by atoms with van der Waals surface area (Å²) in [5, 5.41) is 0. The molecule has 3 nitrogen and oxygen atoms in total. The first kappa shape index (κ1) is 9.48. The van der Waals surface area contributed by atoms with E-state index in [9.17, 15) is 8.42 Å². The number of hydrogen-bond acceptors (Lipinski definition) is 3. The molecule has 0 aromatic heterocycles. The van der Waals surface area contributed by atoms with Crippen LogP contribution < -0.4 is 0 Å². The normalized spacial score (nSPS) is 17.4. The van der Waals surface area contributed by atoms with Crippen LogP contribution in [0.1, 0.15) is 6.42 Å². The summed E-state index contributed by atoms with van der Waals surface area (Å²) < 4.78 is 25.7. The van der Waals surface area contributed by atoms with Gasteiger partial charge in [0.1, 0.15) is 0 Å². The third-order valence-corrected chi connectivity index (χ3v) is 2.17. The second-order valence-corrected chi connectivity index (χ2v) is 4.39. The summed E-state index contributed by atoms with van der Waals surface area (Å²) in [6.07, 6.45) is 9.72. The van der Waals surface area contributed by atoms with E-state index in [1.54, 1.807) is 0 Å². The van der Waals surface area contributed by atoms with Crippen molar-refractivity contribution in [2.75, 3.05) is 12.9 Å². The minimum atomic E-state index is -3.26. The van der Waals surface area contributed by atoms with Crippen LogP contribution in [-0.4, -0.2) is 21.3 Å². The van der Waals surface area contributed by atoms with E-state index >= 15 is 0 Å². The smallest absolute Gasteiger partial charge is 0.264 e. The summed E-state index contributed by atoms with van der Waals surface area (Å²) in [5.74, 6) is 0.340. The zero-order valence-electron chi connectivity index (χ0n) is 6.93. The van der Waals surface area contributed by atoms with Crippen LogP contribution >= 0.6 is 0 Å². The Bertz CT molecular complexity index is 275. The fourth-order valence-corrected chi connectivity index (χ4v) is 1.40. The van der Waals surface area contributed by atoms with Crippen LogP contribution in [0.4, 0.5) is 0 Å². The highest BCUT2D eigenvalue weighted by atomic mass is 32.2. The standard InChI is InChI=1S/C8H12O3S/c1-12(9,10)11-7-6-8-4-2-3-5-8/h2-5,8H,6-7H2,1H3. The van der Waals surface area contributed by atoms with Gasteiger partial charge in [-0.05, 0) is 12.3 Å². The highest BCUT2D eigenvalue weighted by Crippen LogP contribution is 2.13. The van der Waals surface area contributed by atoms with Gasteiger partial charge in [0.25, 0.3) is 10.1 Å². The maximum absolute atomic E-state index is 10.5. The molecule has 0 heterocycles. The molecule has 0 fully saturated rings. The van der Waals surface area contributed by atoms with Crippen LogP contribution in [-0.2, 0) is 14.3 Å². The maximum atomic E-state index is 10.5. The number of allylic oxidation sites excluding steroid dienone is 4. The average molecular weight is 188 g/mol. The van der Waals surface area contributed by atoms with Crippen molar-refractivity contribution >= 4 is 10.1 Å². The van der Waals surface area contributed by atoms with Crippen LogP contribution in [0.25, 0.3) is 0 Å². The molecule has 1 rings (SSSR count). The van der Waals surface area contributed by atoms with Crippen molar-refractivity contribution in [1.82, 2.24) is 0 Å². The highest BCUT2D eigenvalue weighted by Gasteiger charge is 2.06. The van der Waals surface area contributed by atoms with Crippen molar-refractivity contribution in [3.63, 3.8) is 0 Å². The lowest BCUT2D eigenvalue weighted by atomic mass is 10.1. The molecule has 0 unspecified atom stereocenters. The van der Waals surface area contributed by atoms with Crippen molar-refractivity contribution in [2.24, 2.45) is 5.92 Å². The van der Waals surface area contributed by atoms with Gasteiger partial charge in [0.05, 0.1) is 12.9 Å². The summed E-state index contributed by atoms with van der Waals surface area (Å²) in [5.41, 5.74) is 0. The van der Waals surface area contributed by atoms with E-state index in [2.05, 4.69) is 4.18 Å². The molecule has 1 aliphatic carbocycles. The molecule has 0 radical (unpaired) electrons. The minimum Gasteiger partial charge on any atom is -0.270 e. The molecule has 0 saturated carbocycles. The molecular formula is C8H12O3S. The van der Waals surface area contributed by atoms with E-state index in [1.165, 1.54) is 0 Å². The van der Waals surface area contributed by atoms with E-state index in [-0.39, 0.29) is 6.61 Å². The predicted molar refractivity (Wildman–Crippen MR) is 47.2 cm³/mol. The van der Waals surface area contributed by atoms with Crippen LogP contribution in [0.15, 0.2) is 24.3 Å². The fourth-order valence-electron chi connectivity index (χ4n) is 1.01. The van der Waals surface area contributed by atoms with Gasteiger partial charge in [-0.3, -0.25) is 4.18 Å². The lowest BCUT2D eigenvalue weighted by molar-refractivity contribution is 0.307. The Morgan fingerprint density at radius 2 is 1.92 bits per heavy atom. The molecule has 4 heteroatoms. The Kier molecular flexibility index (Phi) is 3.05. The first-order valence-corrected chi connectivity index (χ1v) is 5.59. The summed E-state index contributed by atoms with van der Waals surface area (Å²) >= 11 is 0. The Morgan fingerprint density at radius 3 is 2.42 bits per heavy atom. The van der Waals surface area contributed by atoms with E-state index in [4.69, 9.17) is 0 Å². The second kappa shape index (κ2) is 3.87. The van der Waals surface area contributed by atoms with Crippen LogP contribution in [0.5, 0.6) is 0 Å². The number of rotatable bonds is 4. The monoisotopic (exact) mass is 188 g/mol. The first-order valence-electron chi connectivity index (χ1n) is 3.77. The zero-order valence-corrected chi connectivity index (χ0v) is 7.75. The van der Waals surface area contributed by atoms with E-state index in [0.717, 1.165) is 12.7 Å². The van der Waals surface area contributed by atoms with Gasteiger partial charge >= 0.3 is 0 Å². The molecule has 0 amide bonds. The van der Waals surface area contributed by atoms with Crippen LogP contribution in [0.2, 0.25) is 0 Å². The average Bonchev–Trinajstić information content (AvgIpc) is 2.36. The predicted octanol–water partition coefficient (Wildman–Crippen LogP) is 1.09. The topological polar surface area (TPSA) is 43.4 Å². The molecule has 0 aliphatic heterocycles. The van der Waals surface area contributed by atoms with Gasteiger partial charge < -0.3 is 0 Å². The van der Waals surface area contributed by atoms with Crippen molar-refractivity contribution < 1.29 is 12.6 Å². The third-order valence-electron chi connectivity index (χ3n) is 1.58.